The molecule has 0 unspecified atom stereocenters. The van der Waals surface area contributed by atoms with Crippen LogP contribution in [0.1, 0.15) is 32.8 Å². The molecule has 1 aromatic carbocycles. The predicted octanol–water partition coefficient (Wildman–Crippen LogP) is 3.09. The van der Waals surface area contributed by atoms with Gasteiger partial charge in [-0.3, -0.25) is 4.90 Å². The lowest BCUT2D eigenvalue weighted by Gasteiger charge is -2.26. The molecule has 0 radical (unpaired) electrons. The van der Waals surface area contributed by atoms with Crippen molar-refractivity contribution in [3.8, 4) is 5.75 Å². The number of nitrogens with zero attached hydrogens (tertiary/aromatic N) is 1. The van der Waals surface area contributed by atoms with Gasteiger partial charge in [0.15, 0.2) is 0 Å². The minimum absolute atomic E-state index is 0.174. The molecule has 1 aromatic rings. The van der Waals surface area contributed by atoms with E-state index in [1.54, 1.807) is 0 Å². The van der Waals surface area contributed by atoms with E-state index in [2.05, 4.69) is 43.9 Å². The molecule has 0 saturated carbocycles. The van der Waals surface area contributed by atoms with E-state index < -0.39 is 0 Å². The number of benzene rings is 1. The normalized spacial score (nSPS) is 17.1. The van der Waals surface area contributed by atoms with Gasteiger partial charge in [0.1, 0.15) is 5.75 Å². The summed E-state index contributed by atoms with van der Waals surface area (Å²) in [7, 11) is 0. The highest BCUT2D eigenvalue weighted by Gasteiger charge is 2.14. The van der Waals surface area contributed by atoms with E-state index in [4.69, 9.17) is 9.47 Å². The van der Waals surface area contributed by atoms with Crippen LogP contribution in [0.3, 0.4) is 0 Å². The van der Waals surface area contributed by atoms with Gasteiger partial charge >= 0.3 is 0 Å². The fourth-order valence-electron chi connectivity index (χ4n) is 2.36. The van der Waals surface area contributed by atoms with Crippen LogP contribution < -0.4 is 4.74 Å². The van der Waals surface area contributed by atoms with Crippen molar-refractivity contribution >= 4 is 0 Å². The first kappa shape index (κ1) is 15.3. The fourth-order valence-corrected chi connectivity index (χ4v) is 2.36. The summed E-state index contributed by atoms with van der Waals surface area (Å²) < 4.78 is 11.2. The van der Waals surface area contributed by atoms with Gasteiger partial charge in [-0.1, -0.05) is 32.9 Å². The Bertz CT molecular complexity index is 406. The summed E-state index contributed by atoms with van der Waals surface area (Å²) in [6.07, 6.45) is 1.07. The molecule has 20 heavy (non-hydrogen) atoms. The molecule has 1 fully saturated rings. The molecule has 0 aliphatic carbocycles. The smallest absolute Gasteiger partial charge is 0.119 e. The van der Waals surface area contributed by atoms with E-state index in [1.807, 2.05) is 6.07 Å². The number of morpholine rings is 1. The summed E-state index contributed by atoms with van der Waals surface area (Å²) in [4.78, 5) is 2.44. The van der Waals surface area contributed by atoms with Gasteiger partial charge in [0.25, 0.3) is 0 Å². The molecule has 3 heteroatoms. The Hall–Kier alpha value is -1.06. The largest absolute Gasteiger partial charge is 0.494 e. The monoisotopic (exact) mass is 277 g/mol. The summed E-state index contributed by atoms with van der Waals surface area (Å²) in [6, 6.07) is 8.46. The molecule has 0 amide bonds. The summed E-state index contributed by atoms with van der Waals surface area (Å²) >= 11 is 0. The lowest BCUT2D eigenvalue weighted by atomic mass is 9.87. The van der Waals surface area contributed by atoms with E-state index in [0.717, 1.165) is 51.6 Å². The van der Waals surface area contributed by atoms with Gasteiger partial charge in [-0.2, -0.15) is 0 Å². The van der Waals surface area contributed by atoms with E-state index in [0.29, 0.717) is 0 Å². The first-order chi connectivity index (χ1) is 9.55. The van der Waals surface area contributed by atoms with Gasteiger partial charge in [-0.15, -0.1) is 0 Å². The molecule has 1 aliphatic heterocycles. The van der Waals surface area contributed by atoms with Crippen molar-refractivity contribution in [3.63, 3.8) is 0 Å². The summed E-state index contributed by atoms with van der Waals surface area (Å²) in [5.74, 6) is 0.986. The second-order valence-electron chi connectivity index (χ2n) is 6.43. The Balaban J connectivity index is 1.73. The Morgan fingerprint density at radius 3 is 2.65 bits per heavy atom. The third kappa shape index (κ3) is 4.80. The number of hydrogen-bond donors (Lipinski definition) is 0. The third-order valence-corrected chi connectivity index (χ3v) is 3.69. The molecule has 112 valence electrons. The van der Waals surface area contributed by atoms with E-state index in [9.17, 15) is 0 Å². The average Bonchev–Trinajstić information content (AvgIpc) is 2.44. The molecule has 2 rings (SSSR count). The highest BCUT2D eigenvalue weighted by Crippen LogP contribution is 2.25. The second-order valence-corrected chi connectivity index (χ2v) is 6.43. The van der Waals surface area contributed by atoms with Crippen molar-refractivity contribution in [2.24, 2.45) is 0 Å². The summed E-state index contributed by atoms with van der Waals surface area (Å²) in [5.41, 5.74) is 1.50. The zero-order valence-electron chi connectivity index (χ0n) is 13.0. The zero-order chi connectivity index (χ0) is 14.4. The maximum absolute atomic E-state index is 5.87. The van der Waals surface area contributed by atoms with E-state index in [1.165, 1.54) is 5.56 Å². The van der Waals surface area contributed by atoms with Crippen LogP contribution in [0.15, 0.2) is 24.3 Å². The molecule has 0 aromatic heterocycles. The lowest BCUT2D eigenvalue weighted by molar-refractivity contribution is 0.0358. The van der Waals surface area contributed by atoms with Crippen LogP contribution in [-0.2, 0) is 10.2 Å². The molecule has 1 heterocycles. The Labute approximate surface area is 122 Å². The molecule has 0 bridgehead atoms. The quantitative estimate of drug-likeness (QED) is 0.772. The summed E-state index contributed by atoms with van der Waals surface area (Å²) in [6.45, 7) is 12.4. The van der Waals surface area contributed by atoms with Crippen LogP contribution in [0, 0.1) is 0 Å². The first-order valence-corrected chi connectivity index (χ1v) is 7.59. The molecule has 0 atom stereocenters. The van der Waals surface area contributed by atoms with Gasteiger partial charge in [-0.05, 0) is 29.5 Å². The fraction of sp³-hybridized carbons (Fsp3) is 0.647. The average molecular weight is 277 g/mol. The van der Waals surface area contributed by atoms with Crippen molar-refractivity contribution in [1.82, 2.24) is 4.90 Å². The minimum Gasteiger partial charge on any atom is -0.494 e. The van der Waals surface area contributed by atoms with Crippen molar-refractivity contribution in [3.05, 3.63) is 29.8 Å². The van der Waals surface area contributed by atoms with Crippen LogP contribution in [0.4, 0.5) is 0 Å². The van der Waals surface area contributed by atoms with Crippen LogP contribution in [0.25, 0.3) is 0 Å². The van der Waals surface area contributed by atoms with Crippen molar-refractivity contribution in [2.45, 2.75) is 32.6 Å². The SMILES string of the molecule is CC(C)(C)c1cccc(OCCCN2CCOCC2)c1. The van der Waals surface area contributed by atoms with Crippen molar-refractivity contribution < 1.29 is 9.47 Å². The maximum atomic E-state index is 5.87. The Morgan fingerprint density at radius 1 is 1.20 bits per heavy atom. The molecular formula is C17H27NO2. The standard InChI is InChI=1S/C17H27NO2/c1-17(2,3)15-6-4-7-16(14-15)20-11-5-8-18-9-12-19-13-10-18/h4,6-7,14H,5,8-13H2,1-3H3. The Morgan fingerprint density at radius 2 is 1.95 bits per heavy atom. The van der Waals surface area contributed by atoms with Gasteiger partial charge in [0.2, 0.25) is 0 Å². The highest BCUT2D eigenvalue weighted by molar-refractivity contribution is 5.32. The second kappa shape index (κ2) is 7.09. The van der Waals surface area contributed by atoms with Crippen LogP contribution >= 0.6 is 0 Å². The van der Waals surface area contributed by atoms with Crippen LogP contribution in [-0.4, -0.2) is 44.4 Å². The molecule has 1 saturated heterocycles. The van der Waals surface area contributed by atoms with Gasteiger partial charge in [0.05, 0.1) is 19.8 Å². The third-order valence-electron chi connectivity index (χ3n) is 3.69. The van der Waals surface area contributed by atoms with E-state index in [-0.39, 0.29) is 5.41 Å². The molecule has 0 N–H and O–H groups in total. The van der Waals surface area contributed by atoms with Gasteiger partial charge < -0.3 is 9.47 Å². The highest BCUT2D eigenvalue weighted by atomic mass is 16.5. The zero-order valence-corrected chi connectivity index (χ0v) is 13.0. The van der Waals surface area contributed by atoms with Gasteiger partial charge in [0, 0.05) is 19.6 Å². The number of hydrogen-bond acceptors (Lipinski definition) is 3. The number of rotatable bonds is 5. The summed E-state index contributed by atoms with van der Waals surface area (Å²) in [5, 5.41) is 0. The topological polar surface area (TPSA) is 21.7 Å². The predicted molar refractivity (Wildman–Crippen MR) is 82.5 cm³/mol. The first-order valence-electron chi connectivity index (χ1n) is 7.59. The van der Waals surface area contributed by atoms with Crippen molar-refractivity contribution in [2.75, 3.05) is 39.5 Å². The molecule has 3 nitrogen and oxygen atoms in total. The van der Waals surface area contributed by atoms with Crippen LogP contribution in [0.2, 0.25) is 0 Å². The lowest BCUT2D eigenvalue weighted by Crippen LogP contribution is -2.37. The van der Waals surface area contributed by atoms with E-state index >= 15 is 0 Å². The van der Waals surface area contributed by atoms with Crippen molar-refractivity contribution in [1.29, 1.82) is 0 Å². The molecule has 0 spiro atoms. The minimum atomic E-state index is 0.174. The van der Waals surface area contributed by atoms with Gasteiger partial charge in [-0.25, -0.2) is 0 Å². The molecular weight excluding hydrogens is 250 g/mol. The number of ether oxygens (including phenoxy) is 2. The Kier molecular flexibility index (Phi) is 5.44. The van der Waals surface area contributed by atoms with Crippen LogP contribution in [0.5, 0.6) is 5.75 Å². The molecule has 1 aliphatic rings. The maximum Gasteiger partial charge on any atom is 0.119 e.